The van der Waals surface area contributed by atoms with E-state index in [1.165, 1.54) is 30.4 Å². The Morgan fingerprint density at radius 2 is 2.30 bits per heavy atom. The predicted molar refractivity (Wildman–Crippen MR) is 83.7 cm³/mol. The molecule has 1 aliphatic rings. The molecule has 1 aromatic carbocycles. The van der Waals surface area contributed by atoms with Gasteiger partial charge in [0.05, 0.1) is 16.7 Å². The zero-order valence-corrected chi connectivity index (χ0v) is 12.6. The fourth-order valence-electron chi connectivity index (χ4n) is 3.20. The van der Waals surface area contributed by atoms with Crippen molar-refractivity contribution < 1.29 is 0 Å². The van der Waals surface area contributed by atoms with Crippen LogP contribution in [-0.2, 0) is 6.42 Å². The molecule has 0 amide bonds. The normalized spacial score (nSPS) is 19.6. The van der Waals surface area contributed by atoms with E-state index in [9.17, 15) is 0 Å². The van der Waals surface area contributed by atoms with Gasteiger partial charge in [-0.25, -0.2) is 4.98 Å². The molecule has 0 aliphatic heterocycles. The number of nitrogens with two attached hydrogens (primary N) is 1. The van der Waals surface area contributed by atoms with Gasteiger partial charge < -0.3 is 0 Å². The Bertz CT molecular complexity index is 579. The topological polar surface area (TPSA) is 50.9 Å². The number of benzene rings is 1. The molecule has 3 rings (SSSR count). The lowest BCUT2D eigenvalue weighted by molar-refractivity contribution is 0.420. The highest BCUT2D eigenvalue weighted by Crippen LogP contribution is 2.37. The Morgan fingerprint density at radius 1 is 1.45 bits per heavy atom. The summed E-state index contributed by atoms with van der Waals surface area (Å²) in [5.74, 6) is 6.35. The fourth-order valence-corrected chi connectivity index (χ4v) is 3.86. The van der Waals surface area contributed by atoms with Crippen LogP contribution in [0, 0.1) is 6.92 Å². The van der Waals surface area contributed by atoms with Crippen LogP contribution < -0.4 is 11.3 Å². The van der Waals surface area contributed by atoms with Crippen LogP contribution in [0.1, 0.15) is 53.1 Å². The third-order valence-electron chi connectivity index (χ3n) is 4.21. The number of aromatic nitrogens is 1. The third-order valence-corrected chi connectivity index (χ3v) is 5.00. The summed E-state index contributed by atoms with van der Waals surface area (Å²) in [6.07, 6.45) is 4.76. The van der Waals surface area contributed by atoms with E-state index in [2.05, 4.69) is 40.1 Å². The van der Waals surface area contributed by atoms with E-state index in [4.69, 9.17) is 5.84 Å². The van der Waals surface area contributed by atoms with Crippen molar-refractivity contribution in [2.45, 2.75) is 44.6 Å². The molecule has 2 aromatic rings. The minimum absolute atomic E-state index is 0.149. The second-order valence-corrected chi connectivity index (χ2v) is 6.60. The first-order valence-corrected chi connectivity index (χ1v) is 8.12. The molecule has 3 nitrogen and oxygen atoms in total. The van der Waals surface area contributed by atoms with E-state index in [0.717, 1.165) is 17.1 Å². The number of hydrazine groups is 1. The maximum absolute atomic E-state index is 5.77. The van der Waals surface area contributed by atoms with Gasteiger partial charge in [-0.3, -0.25) is 11.3 Å². The van der Waals surface area contributed by atoms with E-state index >= 15 is 0 Å². The lowest BCUT2D eigenvalue weighted by atomic mass is 9.79. The van der Waals surface area contributed by atoms with E-state index < -0.39 is 0 Å². The van der Waals surface area contributed by atoms with Gasteiger partial charge in [-0.15, -0.1) is 11.3 Å². The Kier molecular flexibility index (Phi) is 4.15. The van der Waals surface area contributed by atoms with Crippen molar-refractivity contribution in [2.75, 3.05) is 0 Å². The second-order valence-electron chi connectivity index (χ2n) is 5.53. The van der Waals surface area contributed by atoms with E-state index in [1.807, 2.05) is 6.92 Å². The lowest BCUT2D eigenvalue weighted by Crippen LogP contribution is -2.30. The van der Waals surface area contributed by atoms with Gasteiger partial charge in [0, 0.05) is 5.38 Å². The summed E-state index contributed by atoms with van der Waals surface area (Å²) in [5.41, 5.74) is 7.05. The molecule has 1 aliphatic carbocycles. The predicted octanol–water partition coefficient (Wildman–Crippen LogP) is 3.47. The monoisotopic (exact) mass is 287 g/mol. The van der Waals surface area contributed by atoms with Crippen LogP contribution >= 0.6 is 11.3 Å². The van der Waals surface area contributed by atoms with Crippen LogP contribution in [0.2, 0.25) is 0 Å². The van der Waals surface area contributed by atoms with Crippen molar-refractivity contribution in [2.24, 2.45) is 5.84 Å². The molecule has 1 aromatic heterocycles. The van der Waals surface area contributed by atoms with Gasteiger partial charge in [-0.05, 0) is 49.7 Å². The number of hydrogen-bond acceptors (Lipinski definition) is 4. The van der Waals surface area contributed by atoms with Crippen LogP contribution in [0.3, 0.4) is 0 Å². The number of rotatable bonds is 4. The van der Waals surface area contributed by atoms with Gasteiger partial charge in [-0.1, -0.05) is 24.3 Å². The molecule has 0 spiro atoms. The van der Waals surface area contributed by atoms with E-state index in [-0.39, 0.29) is 6.04 Å². The number of aryl methyl sites for hydroxylation is 2. The fraction of sp³-hybridized carbons (Fsp3) is 0.438. The molecular weight excluding hydrogens is 266 g/mol. The van der Waals surface area contributed by atoms with E-state index in [0.29, 0.717) is 5.92 Å². The first-order valence-electron chi connectivity index (χ1n) is 7.24. The third kappa shape index (κ3) is 2.77. The van der Waals surface area contributed by atoms with Crippen molar-refractivity contribution in [1.29, 1.82) is 0 Å². The molecule has 0 bridgehead atoms. The van der Waals surface area contributed by atoms with Gasteiger partial charge >= 0.3 is 0 Å². The Morgan fingerprint density at radius 3 is 3.05 bits per heavy atom. The molecule has 0 radical (unpaired) electrons. The molecule has 4 heteroatoms. The standard InChI is InChI=1S/C16H21N3S/c1-11-18-16(10-20-11)15(19-17)9-13-7-4-6-12-5-2-3-8-14(12)13/h2-3,5,8,10,13,15,19H,4,6-7,9,17H2,1H3. The van der Waals surface area contributed by atoms with E-state index in [1.54, 1.807) is 11.3 Å². The summed E-state index contributed by atoms with van der Waals surface area (Å²) in [4.78, 5) is 4.58. The summed E-state index contributed by atoms with van der Waals surface area (Å²) < 4.78 is 0. The maximum atomic E-state index is 5.77. The van der Waals surface area contributed by atoms with Crippen LogP contribution in [0.5, 0.6) is 0 Å². The van der Waals surface area contributed by atoms with Crippen molar-refractivity contribution in [3.63, 3.8) is 0 Å². The summed E-state index contributed by atoms with van der Waals surface area (Å²) in [6.45, 7) is 2.04. The van der Waals surface area contributed by atoms with Crippen molar-refractivity contribution in [3.05, 3.63) is 51.5 Å². The molecule has 0 saturated heterocycles. The van der Waals surface area contributed by atoms with Crippen LogP contribution in [0.4, 0.5) is 0 Å². The highest BCUT2D eigenvalue weighted by Gasteiger charge is 2.24. The maximum Gasteiger partial charge on any atom is 0.0898 e. The average molecular weight is 287 g/mol. The second kappa shape index (κ2) is 6.04. The first kappa shape index (κ1) is 13.7. The number of nitrogens with zero attached hydrogens (tertiary/aromatic N) is 1. The number of thiazole rings is 1. The minimum atomic E-state index is 0.149. The van der Waals surface area contributed by atoms with Gasteiger partial charge in [0.25, 0.3) is 0 Å². The van der Waals surface area contributed by atoms with Crippen molar-refractivity contribution in [3.8, 4) is 0 Å². The summed E-state index contributed by atoms with van der Waals surface area (Å²) >= 11 is 1.69. The molecule has 0 fully saturated rings. The molecule has 1 heterocycles. The molecule has 0 saturated carbocycles. The lowest BCUT2D eigenvalue weighted by Gasteiger charge is -2.28. The van der Waals surface area contributed by atoms with Crippen molar-refractivity contribution in [1.82, 2.24) is 10.4 Å². The molecule has 20 heavy (non-hydrogen) atoms. The van der Waals surface area contributed by atoms with Crippen LogP contribution in [0.25, 0.3) is 0 Å². The quantitative estimate of drug-likeness (QED) is 0.669. The Labute approximate surface area is 124 Å². The molecule has 3 N–H and O–H groups in total. The molecule has 2 atom stereocenters. The highest BCUT2D eigenvalue weighted by atomic mass is 32.1. The molecule has 2 unspecified atom stereocenters. The number of nitrogens with one attached hydrogen (secondary N) is 1. The number of hydrogen-bond donors (Lipinski definition) is 2. The highest BCUT2D eigenvalue weighted by molar-refractivity contribution is 7.09. The van der Waals surface area contributed by atoms with Gasteiger partial charge in [-0.2, -0.15) is 0 Å². The van der Waals surface area contributed by atoms with Crippen LogP contribution in [-0.4, -0.2) is 4.98 Å². The van der Waals surface area contributed by atoms with Gasteiger partial charge in [0.15, 0.2) is 0 Å². The number of fused-ring (bicyclic) bond motifs is 1. The summed E-state index contributed by atoms with van der Waals surface area (Å²) in [7, 11) is 0. The summed E-state index contributed by atoms with van der Waals surface area (Å²) in [6, 6.07) is 8.98. The summed E-state index contributed by atoms with van der Waals surface area (Å²) in [5, 5.41) is 3.22. The largest absolute Gasteiger partial charge is 0.271 e. The Balaban J connectivity index is 1.80. The zero-order valence-electron chi connectivity index (χ0n) is 11.8. The SMILES string of the molecule is Cc1nc(C(CC2CCCc3ccccc32)NN)cs1. The zero-order chi connectivity index (χ0) is 13.9. The van der Waals surface area contributed by atoms with Gasteiger partial charge in [0.1, 0.15) is 0 Å². The first-order chi connectivity index (χ1) is 9.78. The van der Waals surface area contributed by atoms with Crippen LogP contribution in [0.15, 0.2) is 29.6 Å². The smallest absolute Gasteiger partial charge is 0.0898 e. The molecular formula is C16H21N3S. The molecule has 106 valence electrons. The minimum Gasteiger partial charge on any atom is -0.271 e. The Hall–Kier alpha value is -1.23. The average Bonchev–Trinajstić information content (AvgIpc) is 2.91. The van der Waals surface area contributed by atoms with Gasteiger partial charge in [0.2, 0.25) is 0 Å². The van der Waals surface area contributed by atoms with Crippen molar-refractivity contribution >= 4 is 11.3 Å².